The first-order valence-electron chi connectivity index (χ1n) is 4.73. The van der Waals surface area contributed by atoms with Gasteiger partial charge in [-0.05, 0) is 0 Å². The first-order valence-corrected chi connectivity index (χ1v) is 4.73. The van der Waals surface area contributed by atoms with E-state index in [-0.39, 0.29) is 17.8 Å². The first-order chi connectivity index (χ1) is 6.72. The lowest BCUT2D eigenvalue weighted by atomic mass is 9.78. The Morgan fingerprint density at radius 1 is 1.36 bits per heavy atom. The lowest BCUT2D eigenvalue weighted by Gasteiger charge is -2.43. The van der Waals surface area contributed by atoms with Crippen LogP contribution in [0.4, 0.5) is 4.79 Å². The molecule has 0 aromatic carbocycles. The second-order valence-electron chi connectivity index (χ2n) is 3.96. The van der Waals surface area contributed by atoms with Crippen LogP contribution in [0.1, 0.15) is 0 Å². The highest BCUT2D eigenvalue weighted by molar-refractivity contribution is 5.66. The molecule has 2 aliphatic heterocycles. The maximum atomic E-state index is 10.8. The number of amides is 1. The normalized spacial score (nSPS) is 36.6. The number of likely N-dealkylation sites (tertiary alicyclic amines) is 1. The molecule has 0 saturated carbocycles. The molecule has 78 valence electrons. The van der Waals surface area contributed by atoms with Crippen molar-refractivity contribution in [1.82, 2.24) is 4.90 Å². The Hall–Kier alpha value is -1.10. The van der Waals surface area contributed by atoms with Crippen molar-refractivity contribution in [1.29, 1.82) is 0 Å². The van der Waals surface area contributed by atoms with Crippen molar-refractivity contribution < 1.29 is 19.4 Å². The van der Waals surface area contributed by atoms with Crippen LogP contribution in [0.3, 0.4) is 0 Å². The standard InChI is InChI=1S/C9H13NO4/c11-3-8-6-1-10(9(12)13)2-7(8)5-14-4-6/h3,6-8H,1-2,4-5H2,(H,12,13). The monoisotopic (exact) mass is 199 g/mol. The Bertz CT molecular complexity index is 241. The van der Waals surface area contributed by atoms with Gasteiger partial charge in [0.25, 0.3) is 0 Å². The molecular weight excluding hydrogens is 186 g/mol. The van der Waals surface area contributed by atoms with Crippen molar-refractivity contribution in [2.24, 2.45) is 17.8 Å². The molecule has 2 atom stereocenters. The van der Waals surface area contributed by atoms with Gasteiger partial charge in [0, 0.05) is 30.8 Å². The Kier molecular flexibility index (Phi) is 2.41. The molecule has 5 nitrogen and oxygen atoms in total. The Labute approximate surface area is 81.6 Å². The van der Waals surface area contributed by atoms with Gasteiger partial charge in [-0.25, -0.2) is 4.79 Å². The SMILES string of the molecule is O=CC1C2COCC1CN(C(=O)O)C2. The first kappa shape index (κ1) is 9.45. The van der Waals surface area contributed by atoms with Crippen molar-refractivity contribution >= 4 is 12.4 Å². The topological polar surface area (TPSA) is 66.8 Å². The van der Waals surface area contributed by atoms with Crippen LogP contribution in [0.5, 0.6) is 0 Å². The van der Waals surface area contributed by atoms with Gasteiger partial charge in [-0.1, -0.05) is 0 Å². The molecule has 2 rings (SSSR count). The third kappa shape index (κ3) is 1.48. The number of carboxylic acid groups (broad SMARTS) is 1. The average Bonchev–Trinajstić information content (AvgIpc) is 2.15. The van der Waals surface area contributed by atoms with E-state index in [0.717, 1.165) is 6.29 Å². The molecule has 1 amide bonds. The van der Waals surface area contributed by atoms with Crippen molar-refractivity contribution in [2.75, 3.05) is 26.3 Å². The van der Waals surface area contributed by atoms with Crippen LogP contribution >= 0.6 is 0 Å². The Morgan fingerprint density at radius 3 is 2.36 bits per heavy atom. The fraction of sp³-hybridized carbons (Fsp3) is 0.778. The third-order valence-corrected chi connectivity index (χ3v) is 3.09. The minimum atomic E-state index is -0.897. The van der Waals surface area contributed by atoms with Crippen LogP contribution < -0.4 is 0 Å². The summed E-state index contributed by atoms with van der Waals surface area (Å²) in [6.07, 6.45) is 0.0584. The second kappa shape index (κ2) is 3.57. The van der Waals surface area contributed by atoms with Gasteiger partial charge in [0.15, 0.2) is 0 Å². The number of hydrogen-bond donors (Lipinski definition) is 1. The molecule has 2 fully saturated rings. The molecule has 0 radical (unpaired) electrons. The van der Waals surface area contributed by atoms with E-state index in [1.165, 1.54) is 4.90 Å². The van der Waals surface area contributed by atoms with Gasteiger partial charge < -0.3 is 19.5 Å². The smallest absolute Gasteiger partial charge is 0.407 e. The van der Waals surface area contributed by atoms with Gasteiger partial charge in [-0.2, -0.15) is 0 Å². The minimum Gasteiger partial charge on any atom is -0.465 e. The van der Waals surface area contributed by atoms with Crippen LogP contribution in [0.15, 0.2) is 0 Å². The highest BCUT2D eigenvalue weighted by atomic mass is 16.5. The molecule has 0 spiro atoms. The Morgan fingerprint density at radius 2 is 1.93 bits per heavy atom. The molecule has 0 aliphatic carbocycles. The van der Waals surface area contributed by atoms with E-state index < -0.39 is 6.09 Å². The van der Waals surface area contributed by atoms with Crippen molar-refractivity contribution in [3.8, 4) is 0 Å². The molecule has 1 N–H and O–H groups in total. The van der Waals surface area contributed by atoms with Crippen LogP contribution in [0.2, 0.25) is 0 Å². The zero-order valence-electron chi connectivity index (χ0n) is 7.76. The molecule has 0 aromatic heterocycles. The van der Waals surface area contributed by atoms with Gasteiger partial charge in [0.05, 0.1) is 13.2 Å². The summed E-state index contributed by atoms with van der Waals surface area (Å²) >= 11 is 0. The molecule has 14 heavy (non-hydrogen) atoms. The van der Waals surface area contributed by atoms with E-state index in [1.54, 1.807) is 0 Å². The van der Waals surface area contributed by atoms with Crippen LogP contribution in [-0.4, -0.2) is 48.7 Å². The molecule has 5 heteroatoms. The van der Waals surface area contributed by atoms with Crippen molar-refractivity contribution in [2.45, 2.75) is 0 Å². The number of carbonyl (C=O) groups is 2. The maximum Gasteiger partial charge on any atom is 0.407 e. The summed E-state index contributed by atoms with van der Waals surface area (Å²) in [5, 5.41) is 8.85. The molecule has 2 heterocycles. The summed E-state index contributed by atoms with van der Waals surface area (Å²) in [5.74, 6) is 0.0894. The summed E-state index contributed by atoms with van der Waals surface area (Å²) in [6, 6.07) is 0. The lowest BCUT2D eigenvalue weighted by molar-refractivity contribution is -0.128. The van der Waals surface area contributed by atoms with E-state index in [1.807, 2.05) is 0 Å². The zero-order chi connectivity index (χ0) is 10.1. The number of hydrogen-bond acceptors (Lipinski definition) is 3. The molecule has 2 aliphatic rings. The zero-order valence-corrected chi connectivity index (χ0v) is 7.76. The summed E-state index contributed by atoms with van der Waals surface area (Å²) in [6.45, 7) is 1.86. The number of carbonyl (C=O) groups excluding carboxylic acids is 1. The second-order valence-corrected chi connectivity index (χ2v) is 3.96. The summed E-state index contributed by atoms with van der Waals surface area (Å²) < 4.78 is 5.32. The van der Waals surface area contributed by atoms with E-state index >= 15 is 0 Å². The number of fused-ring (bicyclic) bond motifs is 2. The van der Waals surface area contributed by atoms with Crippen LogP contribution in [-0.2, 0) is 9.53 Å². The van der Waals surface area contributed by atoms with Crippen LogP contribution in [0.25, 0.3) is 0 Å². The fourth-order valence-electron chi connectivity index (χ4n) is 2.35. The van der Waals surface area contributed by atoms with E-state index in [2.05, 4.69) is 0 Å². The average molecular weight is 199 g/mol. The van der Waals surface area contributed by atoms with E-state index in [4.69, 9.17) is 9.84 Å². The predicted octanol–water partition coefficient (Wildman–Crippen LogP) is 0.0577. The highest BCUT2D eigenvalue weighted by Crippen LogP contribution is 2.31. The number of aldehydes is 1. The van der Waals surface area contributed by atoms with Gasteiger partial charge in [0.2, 0.25) is 0 Å². The lowest BCUT2D eigenvalue weighted by Crippen LogP contribution is -2.54. The molecule has 0 aromatic rings. The summed E-state index contributed by atoms with van der Waals surface area (Å²) in [4.78, 5) is 23.0. The highest BCUT2D eigenvalue weighted by Gasteiger charge is 2.41. The number of ether oxygens (including phenoxy) is 1. The number of nitrogens with zero attached hydrogens (tertiary/aromatic N) is 1. The van der Waals surface area contributed by atoms with Crippen molar-refractivity contribution in [3.05, 3.63) is 0 Å². The summed E-state index contributed by atoms with van der Waals surface area (Å²) in [5.41, 5.74) is 0. The van der Waals surface area contributed by atoms with E-state index in [0.29, 0.717) is 26.3 Å². The predicted molar refractivity (Wildman–Crippen MR) is 47.0 cm³/mol. The third-order valence-electron chi connectivity index (χ3n) is 3.09. The van der Waals surface area contributed by atoms with Gasteiger partial charge in [0.1, 0.15) is 6.29 Å². The van der Waals surface area contributed by atoms with Crippen LogP contribution in [0, 0.1) is 17.8 Å². The largest absolute Gasteiger partial charge is 0.465 e. The number of rotatable bonds is 1. The molecule has 2 saturated heterocycles. The molecular formula is C9H13NO4. The number of piperidine rings is 1. The summed E-state index contributed by atoms with van der Waals surface area (Å²) in [7, 11) is 0. The minimum absolute atomic E-state index is 0.0145. The van der Waals surface area contributed by atoms with Gasteiger partial charge in [-0.15, -0.1) is 0 Å². The fourth-order valence-corrected chi connectivity index (χ4v) is 2.35. The van der Waals surface area contributed by atoms with Crippen molar-refractivity contribution in [3.63, 3.8) is 0 Å². The maximum absolute atomic E-state index is 10.8. The van der Waals surface area contributed by atoms with Gasteiger partial charge in [-0.3, -0.25) is 0 Å². The quantitative estimate of drug-likeness (QED) is 0.606. The van der Waals surface area contributed by atoms with Gasteiger partial charge >= 0.3 is 6.09 Å². The molecule has 2 unspecified atom stereocenters. The molecule has 2 bridgehead atoms. The van der Waals surface area contributed by atoms with E-state index in [9.17, 15) is 9.59 Å². The Balaban J connectivity index is 2.11.